The summed E-state index contributed by atoms with van der Waals surface area (Å²) in [6.45, 7) is 6.11. The quantitative estimate of drug-likeness (QED) is 0.605. The number of aryl methyl sites for hydroxylation is 2. The first-order valence-electron chi connectivity index (χ1n) is 6.81. The minimum absolute atomic E-state index is 1.16. The normalized spacial score (nSPS) is 10.7. The van der Waals surface area contributed by atoms with Gasteiger partial charge in [0.25, 0.3) is 0 Å². The Kier molecular flexibility index (Phi) is 3.11. The summed E-state index contributed by atoms with van der Waals surface area (Å²) < 4.78 is 2.16. The Morgan fingerprint density at radius 1 is 1.00 bits per heavy atom. The molecular weight excluding hydrogens is 242 g/mol. The van der Waals surface area contributed by atoms with Gasteiger partial charge in [0.2, 0.25) is 5.69 Å². The molecule has 0 radical (unpaired) electrons. The van der Waals surface area contributed by atoms with Crippen molar-refractivity contribution in [2.45, 2.75) is 6.92 Å². The van der Waals surface area contributed by atoms with Crippen molar-refractivity contribution < 1.29 is 4.57 Å². The van der Waals surface area contributed by atoms with Gasteiger partial charge in [-0.15, -0.1) is 0 Å². The van der Waals surface area contributed by atoms with Gasteiger partial charge in [-0.3, -0.25) is 0 Å². The fraction of sp³-hybridized carbons (Fsp3) is 0.105. The summed E-state index contributed by atoms with van der Waals surface area (Å²) in [5.74, 6) is 0. The molecule has 0 aliphatic carbocycles. The zero-order valence-corrected chi connectivity index (χ0v) is 11.9. The number of hydrogen-bond donors (Lipinski definition) is 0. The fourth-order valence-electron chi connectivity index (χ4n) is 2.75. The van der Waals surface area contributed by atoms with E-state index in [0.717, 1.165) is 5.56 Å². The van der Waals surface area contributed by atoms with E-state index in [4.69, 9.17) is 0 Å². The number of hydrogen-bond acceptors (Lipinski definition) is 0. The van der Waals surface area contributed by atoms with Gasteiger partial charge in [-0.2, -0.15) is 0 Å². The van der Waals surface area contributed by atoms with Gasteiger partial charge in [0, 0.05) is 11.6 Å². The SMILES string of the molecule is C=Cc1ccc[n+](C)c1-c1cc2ccccc2cc1C. The lowest BCUT2D eigenvalue weighted by Gasteiger charge is -2.09. The van der Waals surface area contributed by atoms with E-state index in [1.54, 1.807) is 0 Å². The maximum absolute atomic E-state index is 3.94. The number of pyridine rings is 1. The lowest BCUT2D eigenvalue weighted by Crippen LogP contribution is -2.31. The van der Waals surface area contributed by atoms with Gasteiger partial charge in [0.05, 0.1) is 5.56 Å². The van der Waals surface area contributed by atoms with Crippen LogP contribution >= 0.6 is 0 Å². The second kappa shape index (κ2) is 4.93. The molecule has 20 heavy (non-hydrogen) atoms. The lowest BCUT2D eigenvalue weighted by molar-refractivity contribution is -0.660. The van der Waals surface area contributed by atoms with Gasteiger partial charge in [-0.1, -0.05) is 43.0 Å². The van der Waals surface area contributed by atoms with E-state index in [1.165, 1.54) is 27.6 Å². The summed E-state index contributed by atoms with van der Waals surface area (Å²) in [4.78, 5) is 0. The van der Waals surface area contributed by atoms with Gasteiger partial charge in [0.15, 0.2) is 6.20 Å². The summed E-state index contributed by atoms with van der Waals surface area (Å²) in [7, 11) is 2.08. The molecule has 0 aliphatic heterocycles. The Labute approximate surface area is 119 Å². The van der Waals surface area contributed by atoms with Crippen LogP contribution in [0.2, 0.25) is 0 Å². The van der Waals surface area contributed by atoms with Crippen LogP contribution in [0.15, 0.2) is 61.3 Å². The van der Waals surface area contributed by atoms with Gasteiger partial charge in [-0.05, 0) is 35.4 Å². The van der Waals surface area contributed by atoms with Crippen molar-refractivity contribution >= 4 is 16.8 Å². The molecule has 2 aromatic carbocycles. The molecule has 0 atom stereocenters. The molecule has 0 aliphatic rings. The third-order valence-electron chi connectivity index (χ3n) is 3.78. The van der Waals surface area contributed by atoms with Crippen molar-refractivity contribution in [1.82, 2.24) is 0 Å². The smallest absolute Gasteiger partial charge is 0.200 e. The predicted octanol–water partition coefficient (Wildman–Crippen LogP) is 4.28. The van der Waals surface area contributed by atoms with Crippen molar-refractivity contribution in [2.75, 3.05) is 0 Å². The second-order valence-corrected chi connectivity index (χ2v) is 5.14. The van der Waals surface area contributed by atoms with E-state index in [9.17, 15) is 0 Å². The largest absolute Gasteiger partial charge is 0.219 e. The molecule has 1 aromatic heterocycles. The number of benzene rings is 2. The topological polar surface area (TPSA) is 3.88 Å². The highest BCUT2D eigenvalue weighted by atomic mass is 14.9. The second-order valence-electron chi connectivity index (χ2n) is 5.14. The van der Waals surface area contributed by atoms with Crippen LogP contribution in [-0.2, 0) is 7.05 Å². The summed E-state index contributed by atoms with van der Waals surface area (Å²) in [6.07, 6.45) is 4.00. The molecule has 0 spiro atoms. The van der Waals surface area contributed by atoms with Crippen LogP contribution in [0.5, 0.6) is 0 Å². The number of nitrogens with zero attached hydrogens (tertiary/aromatic N) is 1. The monoisotopic (exact) mass is 260 g/mol. The molecule has 0 unspecified atom stereocenters. The third-order valence-corrected chi connectivity index (χ3v) is 3.78. The highest BCUT2D eigenvalue weighted by Crippen LogP contribution is 2.28. The third kappa shape index (κ3) is 2.01. The predicted molar refractivity (Wildman–Crippen MR) is 85.4 cm³/mol. The molecule has 0 bridgehead atoms. The van der Waals surface area contributed by atoms with Gasteiger partial charge in [0.1, 0.15) is 7.05 Å². The Hall–Kier alpha value is -2.41. The lowest BCUT2D eigenvalue weighted by atomic mass is 9.96. The van der Waals surface area contributed by atoms with E-state index < -0.39 is 0 Å². The zero-order chi connectivity index (χ0) is 14.1. The minimum Gasteiger partial charge on any atom is -0.200 e. The molecule has 3 aromatic rings. The van der Waals surface area contributed by atoms with Crippen LogP contribution in [0.25, 0.3) is 28.1 Å². The van der Waals surface area contributed by atoms with E-state index in [2.05, 4.69) is 79.8 Å². The van der Waals surface area contributed by atoms with Crippen LogP contribution in [0, 0.1) is 6.92 Å². The van der Waals surface area contributed by atoms with Crippen LogP contribution in [0.3, 0.4) is 0 Å². The molecule has 1 heteroatoms. The van der Waals surface area contributed by atoms with Crippen LogP contribution in [0.4, 0.5) is 0 Å². The molecule has 3 rings (SSSR count). The van der Waals surface area contributed by atoms with Crippen molar-refractivity contribution in [2.24, 2.45) is 7.05 Å². The first-order valence-corrected chi connectivity index (χ1v) is 6.81. The highest BCUT2D eigenvalue weighted by molar-refractivity contribution is 5.89. The van der Waals surface area contributed by atoms with E-state index in [0.29, 0.717) is 0 Å². The van der Waals surface area contributed by atoms with Crippen molar-refractivity contribution in [3.8, 4) is 11.3 Å². The molecular formula is C19H18N+. The maximum Gasteiger partial charge on any atom is 0.219 e. The average molecular weight is 260 g/mol. The number of fused-ring (bicyclic) bond motifs is 1. The molecule has 1 heterocycles. The first-order chi connectivity index (χ1) is 9.70. The van der Waals surface area contributed by atoms with Gasteiger partial charge < -0.3 is 0 Å². The summed E-state index contributed by atoms with van der Waals surface area (Å²) >= 11 is 0. The minimum atomic E-state index is 1.16. The molecule has 1 nitrogen and oxygen atoms in total. The van der Waals surface area contributed by atoms with Crippen molar-refractivity contribution in [1.29, 1.82) is 0 Å². The summed E-state index contributed by atoms with van der Waals surface area (Å²) in [5.41, 5.74) is 4.93. The standard InChI is InChI=1S/C19H18N/c1-4-15-10-7-11-20(3)19(15)18-13-17-9-6-5-8-16(17)12-14(18)2/h4-13H,1H2,2-3H3/q+1. The summed E-state index contributed by atoms with van der Waals surface area (Å²) in [5, 5.41) is 2.56. The Bertz CT molecular complexity index is 800. The van der Waals surface area contributed by atoms with Crippen molar-refractivity contribution in [3.05, 3.63) is 72.4 Å². The van der Waals surface area contributed by atoms with Crippen LogP contribution in [-0.4, -0.2) is 0 Å². The Morgan fingerprint density at radius 2 is 1.70 bits per heavy atom. The molecule has 0 amide bonds. The molecule has 0 saturated heterocycles. The molecule has 0 saturated carbocycles. The number of aromatic nitrogens is 1. The van der Waals surface area contributed by atoms with Crippen LogP contribution < -0.4 is 4.57 Å². The maximum atomic E-state index is 3.94. The molecule has 0 fully saturated rings. The van der Waals surface area contributed by atoms with E-state index >= 15 is 0 Å². The van der Waals surface area contributed by atoms with Gasteiger partial charge in [-0.25, -0.2) is 4.57 Å². The Balaban J connectivity index is 2.35. The number of rotatable bonds is 2. The average Bonchev–Trinajstić information content (AvgIpc) is 2.46. The molecule has 0 N–H and O–H groups in total. The van der Waals surface area contributed by atoms with Gasteiger partial charge >= 0.3 is 0 Å². The first kappa shape index (κ1) is 12.6. The molecule has 98 valence electrons. The van der Waals surface area contributed by atoms with Crippen molar-refractivity contribution in [3.63, 3.8) is 0 Å². The zero-order valence-electron chi connectivity index (χ0n) is 11.9. The van der Waals surface area contributed by atoms with E-state index in [-0.39, 0.29) is 0 Å². The highest BCUT2D eigenvalue weighted by Gasteiger charge is 2.16. The Morgan fingerprint density at radius 3 is 2.40 bits per heavy atom. The van der Waals surface area contributed by atoms with E-state index in [1.807, 2.05) is 6.08 Å². The van der Waals surface area contributed by atoms with Crippen LogP contribution in [0.1, 0.15) is 11.1 Å². The fourth-order valence-corrected chi connectivity index (χ4v) is 2.75. The summed E-state index contributed by atoms with van der Waals surface area (Å²) in [6, 6.07) is 17.2.